The van der Waals surface area contributed by atoms with E-state index in [1.165, 1.54) is 0 Å². The van der Waals surface area contributed by atoms with E-state index in [9.17, 15) is 9.59 Å². The lowest BCUT2D eigenvalue weighted by molar-refractivity contribution is -0.146. The van der Waals surface area contributed by atoms with Gasteiger partial charge in [-0.1, -0.05) is 6.42 Å². The van der Waals surface area contributed by atoms with E-state index in [-0.39, 0.29) is 11.8 Å². The van der Waals surface area contributed by atoms with Gasteiger partial charge < -0.3 is 10.4 Å². The molecule has 5 nitrogen and oxygen atoms in total. The highest BCUT2D eigenvalue weighted by Gasteiger charge is 2.37. The van der Waals surface area contributed by atoms with Crippen molar-refractivity contribution in [1.29, 1.82) is 0 Å². The number of carboxylic acids is 1. The number of carboxylic acid groups (broad SMARTS) is 1. The SMILES string of the molecule is Cc1nc(CCNC(=O)C2CCCC2C(=O)O)cs1. The average molecular weight is 282 g/mol. The highest BCUT2D eigenvalue weighted by molar-refractivity contribution is 7.09. The summed E-state index contributed by atoms with van der Waals surface area (Å²) in [6, 6.07) is 0. The van der Waals surface area contributed by atoms with Crippen molar-refractivity contribution < 1.29 is 14.7 Å². The monoisotopic (exact) mass is 282 g/mol. The summed E-state index contributed by atoms with van der Waals surface area (Å²) in [5, 5.41) is 14.9. The number of aryl methyl sites for hydroxylation is 1. The van der Waals surface area contributed by atoms with Crippen molar-refractivity contribution in [3.8, 4) is 0 Å². The number of nitrogens with zero attached hydrogens (tertiary/aromatic N) is 1. The molecule has 19 heavy (non-hydrogen) atoms. The summed E-state index contributed by atoms with van der Waals surface area (Å²) in [5.74, 6) is -1.86. The summed E-state index contributed by atoms with van der Waals surface area (Å²) in [5.41, 5.74) is 0.976. The summed E-state index contributed by atoms with van der Waals surface area (Å²) >= 11 is 1.59. The molecule has 1 aliphatic carbocycles. The smallest absolute Gasteiger partial charge is 0.307 e. The molecule has 6 heteroatoms. The highest BCUT2D eigenvalue weighted by Crippen LogP contribution is 2.31. The van der Waals surface area contributed by atoms with Crippen LogP contribution in [0.2, 0.25) is 0 Å². The van der Waals surface area contributed by atoms with E-state index in [0.29, 0.717) is 25.8 Å². The lowest BCUT2D eigenvalue weighted by Gasteiger charge is -2.15. The van der Waals surface area contributed by atoms with E-state index in [0.717, 1.165) is 17.1 Å². The molecule has 104 valence electrons. The van der Waals surface area contributed by atoms with E-state index >= 15 is 0 Å². The Balaban J connectivity index is 1.79. The molecule has 0 aromatic carbocycles. The molecule has 0 saturated heterocycles. The van der Waals surface area contributed by atoms with Gasteiger partial charge in [0.2, 0.25) is 5.91 Å². The Hall–Kier alpha value is -1.43. The van der Waals surface area contributed by atoms with Crippen LogP contribution in [-0.2, 0) is 16.0 Å². The van der Waals surface area contributed by atoms with Crippen molar-refractivity contribution in [2.45, 2.75) is 32.6 Å². The van der Waals surface area contributed by atoms with Gasteiger partial charge in [-0.2, -0.15) is 0 Å². The van der Waals surface area contributed by atoms with Crippen LogP contribution in [-0.4, -0.2) is 28.5 Å². The number of rotatable bonds is 5. The molecule has 1 amide bonds. The predicted octanol–water partition coefficient (Wildman–Crippen LogP) is 1.61. The summed E-state index contributed by atoms with van der Waals surface area (Å²) in [4.78, 5) is 27.3. The van der Waals surface area contributed by atoms with Gasteiger partial charge in [-0.15, -0.1) is 11.3 Å². The molecule has 2 rings (SSSR count). The number of aliphatic carboxylic acids is 1. The second kappa shape index (κ2) is 6.14. The van der Waals surface area contributed by atoms with Crippen molar-refractivity contribution >= 4 is 23.2 Å². The Bertz CT molecular complexity index is 472. The van der Waals surface area contributed by atoms with Gasteiger partial charge in [0, 0.05) is 18.3 Å². The van der Waals surface area contributed by atoms with Crippen molar-refractivity contribution in [3.05, 3.63) is 16.1 Å². The Morgan fingerprint density at radius 2 is 2.21 bits per heavy atom. The van der Waals surface area contributed by atoms with Gasteiger partial charge in [0.15, 0.2) is 0 Å². The second-order valence-corrected chi connectivity index (χ2v) is 5.94. The fraction of sp³-hybridized carbons (Fsp3) is 0.615. The summed E-state index contributed by atoms with van der Waals surface area (Å²) < 4.78 is 0. The van der Waals surface area contributed by atoms with Crippen LogP contribution in [0.5, 0.6) is 0 Å². The van der Waals surface area contributed by atoms with Crippen LogP contribution in [0, 0.1) is 18.8 Å². The zero-order chi connectivity index (χ0) is 13.8. The highest BCUT2D eigenvalue weighted by atomic mass is 32.1. The van der Waals surface area contributed by atoms with E-state index in [4.69, 9.17) is 5.11 Å². The van der Waals surface area contributed by atoms with Gasteiger partial charge >= 0.3 is 5.97 Å². The van der Waals surface area contributed by atoms with Crippen molar-refractivity contribution in [3.63, 3.8) is 0 Å². The first-order chi connectivity index (χ1) is 9.08. The van der Waals surface area contributed by atoms with Crippen LogP contribution < -0.4 is 5.32 Å². The van der Waals surface area contributed by atoms with Crippen molar-refractivity contribution in [1.82, 2.24) is 10.3 Å². The molecule has 1 fully saturated rings. The minimum absolute atomic E-state index is 0.128. The molecule has 2 unspecified atom stereocenters. The maximum atomic E-state index is 12.0. The zero-order valence-corrected chi connectivity index (χ0v) is 11.7. The molecular formula is C13H18N2O3S. The summed E-state index contributed by atoms with van der Waals surface area (Å²) in [6.45, 7) is 2.47. The van der Waals surface area contributed by atoms with Crippen LogP contribution in [0.15, 0.2) is 5.38 Å². The molecule has 1 saturated carbocycles. The average Bonchev–Trinajstić information content (AvgIpc) is 2.97. The van der Waals surface area contributed by atoms with Gasteiger partial charge in [0.05, 0.1) is 22.5 Å². The molecule has 2 N–H and O–H groups in total. The van der Waals surface area contributed by atoms with Crippen LogP contribution in [0.3, 0.4) is 0 Å². The number of amides is 1. The van der Waals surface area contributed by atoms with Gasteiger partial charge in [-0.25, -0.2) is 4.98 Å². The Morgan fingerprint density at radius 1 is 1.47 bits per heavy atom. The molecule has 0 bridgehead atoms. The topological polar surface area (TPSA) is 79.3 Å². The molecule has 1 aliphatic rings. The van der Waals surface area contributed by atoms with E-state index < -0.39 is 11.9 Å². The molecule has 0 aliphatic heterocycles. The zero-order valence-electron chi connectivity index (χ0n) is 10.9. The fourth-order valence-corrected chi connectivity index (χ4v) is 3.18. The van der Waals surface area contributed by atoms with Crippen molar-refractivity contribution in [2.24, 2.45) is 11.8 Å². The first-order valence-electron chi connectivity index (χ1n) is 6.49. The predicted molar refractivity (Wildman–Crippen MR) is 72.0 cm³/mol. The number of nitrogens with one attached hydrogen (secondary N) is 1. The molecule has 1 aromatic heterocycles. The molecule has 1 aromatic rings. The molecule has 0 spiro atoms. The molecule has 2 atom stereocenters. The number of carbonyl (C=O) groups excluding carboxylic acids is 1. The van der Waals surface area contributed by atoms with E-state index in [1.807, 2.05) is 12.3 Å². The second-order valence-electron chi connectivity index (χ2n) is 4.88. The number of thiazole rings is 1. The standard InChI is InChI=1S/C13H18N2O3S/c1-8-15-9(7-19-8)5-6-14-12(16)10-3-2-4-11(10)13(17)18/h7,10-11H,2-6H2,1H3,(H,14,16)(H,17,18). The van der Waals surface area contributed by atoms with Gasteiger partial charge in [0.25, 0.3) is 0 Å². The lowest BCUT2D eigenvalue weighted by atomic mass is 9.95. The van der Waals surface area contributed by atoms with E-state index in [1.54, 1.807) is 11.3 Å². The third-order valence-electron chi connectivity index (χ3n) is 3.52. The maximum absolute atomic E-state index is 12.0. The van der Waals surface area contributed by atoms with Crippen LogP contribution in [0.25, 0.3) is 0 Å². The minimum atomic E-state index is -0.854. The van der Waals surface area contributed by atoms with Crippen LogP contribution in [0.4, 0.5) is 0 Å². The number of hydrogen-bond acceptors (Lipinski definition) is 4. The maximum Gasteiger partial charge on any atom is 0.307 e. The third kappa shape index (κ3) is 3.53. The van der Waals surface area contributed by atoms with Gasteiger partial charge in [-0.05, 0) is 19.8 Å². The Labute approximate surface area is 116 Å². The first kappa shape index (κ1) is 14.0. The third-order valence-corrected chi connectivity index (χ3v) is 4.34. The normalized spacial score (nSPS) is 22.4. The molecule has 1 heterocycles. The Kier molecular flexibility index (Phi) is 4.52. The van der Waals surface area contributed by atoms with E-state index in [2.05, 4.69) is 10.3 Å². The number of hydrogen-bond donors (Lipinski definition) is 2. The number of aromatic nitrogens is 1. The Morgan fingerprint density at radius 3 is 2.84 bits per heavy atom. The summed E-state index contributed by atoms with van der Waals surface area (Å²) in [6.07, 6.45) is 2.80. The minimum Gasteiger partial charge on any atom is -0.481 e. The molecular weight excluding hydrogens is 264 g/mol. The molecule has 0 radical (unpaired) electrons. The quantitative estimate of drug-likeness (QED) is 0.860. The summed E-state index contributed by atoms with van der Waals surface area (Å²) in [7, 11) is 0. The van der Waals surface area contributed by atoms with Gasteiger partial charge in [-0.3, -0.25) is 9.59 Å². The van der Waals surface area contributed by atoms with Gasteiger partial charge in [0.1, 0.15) is 0 Å². The van der Waals surface area contributed by atoms with Crippen LogP contribution in [0.1, 0.15) is 30.0 Å². The van der Waals surface area contributed by atoms with Crippen LogP contribution >= 0.6 is 11.3 Å². The lowest BCUT2D eigenvalue weighted by Crippen LogP contribution is -2.36. The number of carbonyl (C=O) groups is 2. The fourth-order valence-electron chi connectivity index (χ4n) is 2.54. The first-order valence-corrected chi connectivity index (χ1v) is 7.37. The largest absolute Gasteiger partial charge is 0.481 e. The van der Waals surface area contributed by atoms with Crippen molar-refractivity contribution in [2.75, 3.05) is 6.54 Å².